The van der Waals surface area contributed by atoms with Crippen molar-refractivity contribution < 1.29 is 0 Å². The van der Waals surface area contributed by atoms with Gasteiger partial charge in [0.1, 0.15) is 0 Å². The molecule has 3 rings (SSSR count). The molecule has 1 saturated heterocycles. The lowest BCUT2D eigenvalue weighted by Gasteiger charge is -2.43. The number of hydrogen-bond donors (Lipinski definition) is 1. The third-order valence-electron chi connectivity index (χ3n) is 4.67. The van der Waals surface area contributed by atoms with Crippen molar-refractivity contribution in [2.75, 3.05) is 13.1 Å². The second-order valence-corrected chi connectivity index (χ2v) is 6.46. The maximum Gasteiger partial charge on any atom is 0.0476 e. The molecular formula is C17H26N2. The zero-order valence-electron chi connectivity index (χ0n) is 12.2. The van der Waals surface area contributed by atoms with Gasteiger partial charge in [0.25, 0.3) is 0 Å². The number of hydrogen-bond acceptors (Lipinski definition) is 2. The van der Waals surface area contributed by atoms with Crippen molar-refractivity contribution in [2.24, 2.45) is 5.92 Å². The first-order valence-electron chi connectivity index (χ1n) is 7.78. The van der Waals surface area contributed by atoms with Gasteiger partial charge < -0.3 is 5.32 Å². The number of nitrogens with zero attached hydrogens (tertiary/aromatic N) is 1. The van der Waals surface area contributed by atoms with Gasteiger partial charge in [-0.25, -0.2) is 0 Å². The van der Waals surface area contributed by atoms with E-state index >= 15 is 0 Å². The van der Waals surface area contributed by atoms with Gasteiger partial charge in [0.2, 0.25) is 0 Å². The topological polar surface area (TPSA) is 15.3 Å². The highest BCUT2D eigenvalue weighted by Gasteiger charge is 2.33. The van der Waals surface area contributed by atoms with Crippen LogP contribution in [0.15, 0.2) is 30.3 Å². The van der Waals surface area contributed by atoms with E-state index in [0.29, 0.717) is 18.1 Å². The molecule has 1 aliphatic carbocycles. The van der Waals surface area contributed by atoms with Gasteiger partial charge in [0, 0.05) is 31.2 Å². The van der Waals surface area contributed by atoms with Gasteiger partial charge in [-0.3, -0.25) is 4.90 Å². The monoisotopic (exact) mass is 258 g/mol. The first-order valence-corrected chi connectivity index (χ1v) is 7.78. The average Bonchev–Trinajstić information content (AvgIpc) is 3.23. The fraction of sp³-hybridized carbons (Fsp3) is 0.647. The van der Waals surface area contributed by atoms with Crippen LogP contribution in [0, 0.1) is 5.92 Å². The van der Waals surface area contributed by atoms with Gasteiger partial charge in [0.15, 0.2) is 0 Å². The van der Waals surface area contributed by atoms with Gasteiger partial charge in [-0.15, -0.1) is 0 Å². The Morgan fingerprint density at radius 2 is 2.00 bits per heavy atom. The Bertz CT molecular complexity index is 399. The standard InChI is InChI=1S/C17H26N2/c1-13-12-19(14(2)10-15-8-9-15)17(11-18-13)16-6-4-3-5-7-16/h3-7,13-15,17-18H,8-12H2,1-2H3. The van der Waals surface area contributed by atoms with Crippen LogP contribution in [-0.4, -0.2) is 30.1 Å². The van der Waals surface area contributed by atoms with Crippen molar-refractivity contribution in [3.05, 3.63) is 35.9 Å². The van der Waals surface area contributed by atoms with Crippen molar-refractivity contribution >= 4 is 0 Å². The molecule has 104 valence electrons. The Kier molecular flexibility index (Phi) is 3.90. The molecule has 2 fully saturated rings. The van der Waals surface area contributed by atoms with E-state index in [9.17, 15) is 0 Å². The summed E-state index contributed by atoms with van der Waals surface area (Å²) in [6.45, 7) is 6.98. The van der Waals surface area contributed by atoms with Gasteiger partial charge in [-0.2, -0.15) is 0 Å². The Balaban J connectivity index is 1.75. The molecule has 3 unspecified atom stereocenters. The number of benzene rings is 1. The van der Waals surface area contributed by atoms with Gasteiger partial charge in [-0.05, 0) is 31.7 Å². The van der Waals surface area contributed by atoms with Crippen LogP contribution < -0.4 is 5.32 Å². The predicted octanol–water partition coefficient (Wildman–Crippen LogP) is 3.21. The summed E-state index contributed by atoms with van der Waals surface area (Å²) in [4.78, 5) is 2.73. The highest BCUT2D eigenvalue weighted by molar-refractivity contribution is 5.20. The Morgan fingerprint density at radius 3 is 2.68 bits per heavy atom. The van der Waals surface area contributed by atoms with Crippen molar-refractivity contribution in [3.63, 3.8) is 0 Å². The van der Waals surface area contributed by atoms with E-state index in [1.165, 1.54) is 31.4 Å². The minimum absolute atomic E-state index is 0.547. The summed E-state index contributed by atoms with van der Waals surface area (Å²) < 4.78 is 0. The Morgan fingerprint density at radius 1 is 1.26 bits per heavy atom. The molecular weight excluding hydrogens is 232 g/mol. The Hall–Kier alpha value is -0.860. The van der Waals surface area contributed by atoms with E-state index < -0.39 is 0 Å². The molecule has 1 saturated carbocycles. The normalized spacial score (nSPS) is 30.2. The molecule has 3 atom stereocenters. The van der Waals surface area contributed by atoms with Crippen molar-refractivity contribution in [1.29, 1.82) is 0 Å². The van der Waals surface area contributed by atoms with Crippen LogP contribution in [0.3, 0.4) is 0 Å². The smallest absolute Gasteiger partial charge is 0.0476 e. The molecule has 1 N–H and O–H groups in total. The molecule has 2 heteroatoms. The molecule has 1 aliphatic heterocycles. The van der Waals surface area contributed by atoms with E-state index in [4.69, 9.17) is 0 Å². The molecule has 1 aromatic carbocycles. The summed E-state index contributed by atoms with van der Waals surface area (Å²) in [6.07, 6.45) is 4.31. The lowest BCUT2D eigenvalue weighted by Crippen LogP contribution is -2.53. The first-order chi connectivity index (χ1) is 9.24. The molecule has 0 bridgehead atoms. The van der Waals surface area contributed by atoms with E-state index in [1.54, 1.807) is 0 Å². The lowest BCUT2D eigenvalue weighted by molar-refractivity contribution is 0.0858. The summed E-state index contributed by atoms with van der Waals surface area (Å²) in [6, 6.07) is 12.9. The predicted molar refractivity (Wildman–Crippen MR) is 80.2 cm³/mol. The lowest BCUT2D eigenvalue weighted by atomic mass is 9.98. The van der Waals surface area contributed by atoms with E-state index in [0.717, 1.165) is 12.5 Å². The van der Waals surface area contributed by atoms with E-state index in [1.807, 2.05) is 0 Å². The van der Waals surface area contributed by atoms with Crippen molar-refractivity contribution in [3.8, 4) is 0 Å². The second-order valence-electron chi connectivity index (χ2n) is 6.46. The molecule has 19 heavy (non-hydrogen) atoms. The van der Waals surface area contributed by atoms with Gasteiger partial charge in [-0.1, -0.05) is 43.2 Å². The largest absolute Gasteiger partial charge is 0.311 e. The van der Waals surface area contributed by atoms with Crippen molar-refractivity contribution in [2.45, 2.75) is 51.2 Å². The van der Waals surface area contributed by atoms with Crippen molar-refractivity contribution in [1.82, 2.24) is 10.2 Å². The van der Waals surface area contributed by atoms with Crippen LogP contribution in [0.2, 0.25) is 0 Å². The molecule has 0 spiro atoms. The maximum absolute atomic E-state index is 3.64. The molecule has 1 aromatic rings. The summed E-state index contributed by atoms with van der Waals surface area (Å²) in [7, 11) is 0. The second kappa shape index (κ2) is 5.64. The third-order valence-corrected chi connectivity index (χ3v) is 4.67. The number of rotatable bonds is 4. The zero-order chi connectivity index (χ0) is 13.2. The zero-order valence-corrected chi connectivity index (χ0v) is 12.2. The molecule has 2 aliphatic rings. The summed E-state index contributed by atoms with van der Waals surface area (Å²) in [5.41, 5.74) is 1.46. The fourth-order valence-electron chi connectivity index (χ4n) is 3.38. The average molecular weight is 258 g/mol. The van der Waals surface area contributed by atoms with Crippen LogP contribution in [0.25, 0.3) is 0 Å². The van der Waals surface area contributed by atoms with Crippen LogP contribution in [-0.2, 0) is 0 Å². The third kappa shape index (κ3) is 3.18. The van der Waals surface area contributed by atoms with Crippen LogP contribution >= 0.6 is 0 Å². The quantitative estimate of drug-likeness (QED) is 0.892. The molecule has 0 radical (unpaired) electrons. The molecule has 1 heterocycles. The fourth-order valence-corrected chi connectivity index (χ4v) is 3.38. The van der Waals surface area contributed by atoms with Crippen LogP contribution in [0.4, 0.5) is 0 Å². The number of nitrogens with one attached hydrogen (secondary N) is 1. The van der Waals surface area contributed by atoms with Crippen LogP contribution in [0.5, 0.6) is 0 Å². The summed E-state index contributed by atoms with van der Waals surface area (Å²) >= 11 is 0. The summed E-state index contributed by atoms with van der Waals surface area (Å²) in [5, 5.41) is 3.64. The molecule has 0 amide bonds. The Labute approximate surface area is 117 Å². The highest BCUT2D eigenvalue weighted by Crippen LogP contribution is 2.36. The molecule has 2 nitrogen and oxygen atoms in total. The minimum Gasteiger partial charge on any atom is -0.311 e. The summed E-state index contributed by atoms with van der Waals surface area (Å²) in [5.74, 6) is 1.01. The highest BCUT2D eigenvalue weighted by atomic mass is 15.2. The van der Waals surface area contributed by atoms with E-state index in [2.05, 4.69) is 54.4 Å². The maximum atomic E-state index is 3.64. The minimum atomic E-state index is 0.547. The molecule has 0 aromatic heterocycles. The SMILES string of the molecule is CC1CN(C(C)CC2CC2)C(c2ccccc2)CN1. The number of piperazine rings is 1. The first kappa shape index (κ1) is 13.1. The van der Waals surface area contributed by atoms with Crippen LogP contribution in [0.1, 0.15) is 44.7 Å². The van der Waals surface area contributed by atoms with Gasteiger partial charge in [0.05, 0.1) is 0 Å². The van der Waals surface area contributed by atoms with E-state index in [-0.39, 0.29) is 0 Å². The van der Waals surface area contributed by atoms with Gasteiger partial charge >= 0.3 is 0 Å².